The second-order valence-corrected chi connectivity index (χ2v) is 10.4. The van der Waals surface area contributed by atoms with E-state index in [1.165, 1.54) is 29.7 Å². The molecular formula is C18H25N3O6S2. The van der Waals surface area contributed by atoms with Gasteiger partial charge in [0.2, 0.25) is 21.8 Å². The molecule has 0 aliphatic carbocycles. The Morgan fingerprint density at radius 2 is 1.97 bits per heavy atom. The van der Waals surface area contributed by atoms with Crippen LogP contribution in [0.1, 0.15) is 40.6 Å². The van der Waals surface area contributed by atoms with E-state index < -0.39 is 21.9 Å². The van der Waals surface area contributed by atoms with Gasteiger partial charge in [0, 0.05) is 31.4 Å². The van der Waals surface area contributed by atoms with Crippen LogP contribution < -0.4 is 5.32 Å². The van der Waals surface area contributed by atoms with E-state index in [1.54, 1.807) is 4.90 Å². The molecule has 1 aromatic heterocycles. The summed E-state index contributed by atoms with van der Waals surface area (Å²) < 4.78 is 29.9. The van der Waals surface area contributed by atoms with Gasteiger partial charge in [0.25, 0.3) is 0 Å². The van der Waals surface area contributed by atoms with Crippen LogP contribution in [0.5, 0.6) is 0 Å². The number of carbonyl (C=O) groups excluding carboxylic acids is 3. The first kappa shape index (κ1) is 21.7. The Kier molecular flexibility index (Phi) is 6.30. The smallest absolute Gasteiger partial charge is 0.341 e. The minimum atomic E-state index is -3.36. The number of sulfonamides is 1. The second-order valence-electron chi connectivity index (χ2n) is 7.34. The number of nitrogens with one attached hydrogen (secondary N) is 1. The lowest BCUT2D eigenvalue weighted by Crippen LogP contribution is -2.43. The summed E-state index contributed by atoms with van der Waals surface area (Å²) in [5.41, 5.74) is 1.14. The molecule has 9 nitrogen and oxygen atoms in total. The molecule has 1 aromatic rings. The molecule has 1 saturated heterocycles. The number of piperidine rings is 1. The summed E-state index contributed by atoms with van der Waals surface area (Å²) in [5, 5.41) is 3.22. The van der Waals surface area contributed by atoms with Crippen molar-refractivity contribution in [2.75, 3.05) is 38.3 Å². The fourth-order valence-corrected chi connectivity index (χ4v) is 5.92. The predicted molar refractivity (Wildman–Crippen MR) is 108 cm³/mol. The van der Waals surface area contributed by atoms with Crippen molar-refractivity contribution in [3.63, 3.8) is 0 Å². The third-order valence-electron chi connectivity index (χ3n) is 5.35. The molecule has 29 heavy (non-hydrogen) atoms. The van der Waals surface area contributed by atoms with E-state index in [4.69, 9.17) is 4.74 Å². The first-order chi connectivity index (χ1) is 13.6. The highest BCUT2D eigenvalue weighted by Gasteiger charge is 2.33. The molecule has 3 rings (SSSR count). The molecule has 0 saturated carbocycles. The highest BCUT2D eigenvalue weighted by Crippen LogP contribution is 2.38. The summed E-state index contributed by atoms with van der Waals surface area (Å²) in [6.45, 7) is 2.92. The summed E-state index contributed by atoms with van der Waals surface area (Å²) in [6, 6.07) is 0. The first-order valence-electron chi connectivity index (χ1n) is 9.36. The number of nitrogens with zero attached hydrogens (tertiary/aromatic N) is 2. The van der Waals surface area contributed by atoms with E-state index in [0.29, 0.717) is 49.5 Å². The molecule has 2 amide bonds. The van der Waals surface area contributed by atoms with Gasteiger partial charge >= 0.3 is 5.97 Å². The lowest BCUT2D eigenvalue weighted by atomic mass is 9.98. The predicted octanol–water partition coefficient (Wildman–Crippen LogP) is 1.05. The number of methoxy groups -OCH3 is 1. The molecule has 1 N–H and O–H groups in total. The van der Waals surface area contributed by atoms with Crippen molar-refractivity contribution in [1.82, 2.24) is 9.21 Å². The Morgan fingerprint density at radius 1 is 1.24 bits per heavy atom. The maximum absolute atomic E-state index is 12.8. The number of thiophene rings is 1. The van der Waals surface area contributed by atoms with Crippen LogP contribution in [0.4, 0.5) is 5.00 Å². The first-order valence-corrected chi connectivity index (χ1v) is 12.0. The lowest BCUT2D eigenvalue weighted by molar-refractivity contribution is -0.129. The number of carbonyl (C=O) groups is 3. The third kappa shape index (κ3) is 4.62. The Morgan fingerprint density at radius 3 is 2.59 bits per heavy atom. The zero-order chi connectivity index (χ0) is 21.3. The number of hydrogen-bond acceptors (Lipinski definition) is 7. The van der Waals surface area contributed by atoms with Gasteiger partial charge in [-0.25, -0.2) is 17.5 Å². The molecule has 0 radical (unpaired) electrons. The molecule has 0 spiro atoms. The van der Waals surface area contributed by atoms with Crippen molar-refractivity contribution in [2.45, 2.75) is 32.7 Å². The quantitative estimate of drug-likeness (QED) is 0.696. The molecule has 11 heteroatoms. The average Bonchev–Trinajstić information content (AvgIpc) is 3.03. The molecule has 160 valence electrons. The van der Waals surface area contributed by atoms with Crippen LogP contribution in [-0.4, -0.2) is 68.4 Å². The van der Waals surface area contributed by atoms with Gasteiger partial charge in [-0.1, -0.05) is 0 Å². The van der Waals surface area contributed by atoms with E-state index in [2.05, 4.69) is 5.32 Å². The van der Waals surface area contributed by atoms with E-state index in [9.17, 15) is 22.8 Å². The number of rotatable bonds is 4. The van der Waals surface area contributed by atoms with Crippen molar-refractivity contribution in [3.05, 3.63) is 16.0 Å². The van der Waals surface area contributed by atoms with Gasteiger partial charge in [0.15, 0.2) is 0 Å². The van der Waals surface area contributed by atoms with Crippen LogP contribution in [-0.2, 0) is 37.3 Å². The molecule has 1 fully saturated rings. The van der Waals surface area contributed by atoms with Gasteiger partial charge < -0.3 is 15.0 Å². The fourth-order valence-electron chi connectivity index (χ4n) is 3.75. The zero-order valence-corrected chi connectivity index (χ0v) is 18.3. The fraction of sp³-hybridized carbons (Fsp3) is 0.611. The molecule has 2 aliphatic heterocycles. The minimum Gasteiger partial charge on any atom is -0.465 e. The minimum absolute atomic E-state index is 0.0441. The normalized spacial score (nSPS) is 20.1. The Bertz CT molecular complexity index is 940. The Labute approximate surface area is 174 Å². The molecule has 0 unspecified atom stereocenters. The monoisotopic (exact) mass is 443 g/mol. The summed E-state index contributed by atoms with van der Waals surface area (Å²) in [4.78, 5) is 39.5. The summed E-state index contributed by atoms with van der Waals surface area (Å²) in [7, 11) is -2.08. The van der Waals surface area contributed by atoms with Crippen LogP contribution >= 0.6 is 11.3 Å². The molecule has 3 heterocycles. The number of amides is 2. The highest BCUT2D eigenvalue weighted by atomic mass is 32.2. The van der Waals surface area contributed by atoms with Gasteiger partial charge in [0.05, 0.1) is 31.4 Å². The average molecular weight is 444 g/mol. The van der Waals surface area contributed by atoms with Crippen LogP contribution in [0.2, 0.25) is 0 Å². The number of ether oxygens (including phenoxy) is 1. The molecule has 0 bridgehead atoms. The van der Waals surface area contributed by atoms with E-state index in [-0.39, 0.29) is 18.4 Å². The standard InChI is InChI=1S/C18H25N3O6S2/c1-11(22)20-8-6-13-14(10-20)28-17(15(13)18(24)27-2)19-16(23)12-5-4-7-21(9-12)29(3,25)26/h12H,4-10H2,1-3H3,(H,19,23)/t12-/m0/s1. The lowest BCUT2D eigenvalue weighted by Gasteiger charge is -2.30. The largest absolute Gasteiger partial charge is 0.465 e. The maximum Gasteiger partial charge on any atom is 0.341 e. The van der Waals surface area contributed by atoms with Gasteiger partial charge in [0.1, 0.15) is 5.00 Å². The summed E-state index contributed by atoms with van der Waals surface area (Å²) in [6.07, 6.45) is 2.83. The van der Waals surface area contributed by atoms with Crippen molar-refractivity contribution in [1.29, 1.82) is 0 Å². The van der Waals surface area contributed by atoms with Crippen molar-refractivity contribution in [3.8, 4) is 0 Å². The van der Waals surface area contributed by atoms with Gasteiger partial charge in [-0.3, -0.25) is 9.59 Å². The van der Waals surface area contributed by atoms with Crippen LogP contribution in [0.25, 0.3) is 0 Å². The second kappa shape index (κ2) is 8.41. The number of hydrogen-bond donors (Lipinski definition) is 1. The number of anilines is 1. The molecule has 0 aromatic carbocycles. The van der Waals surface area contributed by atoms with E-state index in [0.717, 1.165) is 16.7 Å². The van der Waals surface area contributed by atoms with Gasteiger partial charge in [-0.05, 0) is 24.8 Å². The topological polar surface area (TPSA) is 113 Å². The van der Waals surface area contributed by atoms with E-state index in [1.807, 2.05) is 0 Å². The Balaban J connectivity index is 1.84. The van der Waals surface area contributed by atoms with E-state index >= 15 is 0 Å². The number of fused-ring (bicyclic) bond motifs is 1. The van der Waals surface area contributed by atoms with Crippen LogP contribution in [0.15, 0.2) is 0 Å². The highest BCUT2D eigenvalue weighted by molar-refractivity contribution is 7.88. The SMILES string of the molecule is COC(=O)c1c(NC(=O)[C@H]2CCCN(S(C)(=O)=O)C2)sc2c1CCN(C(C)=O)C2. The van der Waals surface area contributed by atoms with Crippen molar-refractivity contribution in [2.24, 2.45) is 5.92 Å². The van der Waals surface area contributed by atoms with Crippen molar-refractivity contribution >= 4 is 44.1 Å². The summed E-state index contributed by atoms with van der Waals surface area (Å²) in [5.74, 6) is -1.38. The third-order valence-corrected chi connectivity index (χ3v) is 7.75. The maximum atomic E-state index is 12.8. The Hall–Kier alpha value is -1.98. The summed E-state index contributed by atoms with van der Waals surface area (Å²) >= 11 is 1.27. The van der Waals surface area contributed by atoms with Crippen LogP contribution in [0.3, 0.4) is 0 Å². The molecule has 2 aliphatic rings. The van der Waals surface area contributed by atoms with Crippen LogP contribution in [0, 0.1) is 5.92 Å². The van der Waals surface area contributed by atoms with Gasteiger partial charge in [-0.2, -0.15) is 0 Å². The zero-order valence-electron chi connectivity index (χ0n) is 16.7. The molecule has 1 atom stereocenters. The molecular weight excluding hydrogens is 418 g/mol. The van der Waals surface area contributed by atoms with Crippen molar-refractivity contribution < 1.29 is 27.5 Å². The van der Waals surface area contributed by atoms with Gasteiger partial charge in [-0.15, -0.1) is 11.3 Å². The number of esters is 1.